The van der Waals surface area contributed by atoms with Gasteiger partial charge in [-0.15, -0.1) is 0 Å². The Balaban J connectivity index is 2.44. The third-order valence-electron chi connectivity index (χ3n) is 7.55. The molecule has 1 aromatic carbocycles. The molecule has 1 unspecified atom stereocenters. The van der Waals surface area contributed by atoms with E-state index in [1.165, 1.54) is 0 Å². The lowest BCUT2D eigenvalue weighted by molar-refractivity contribution is -0.289. The lowest BCUT2D eigenvalue weighted by Gasteiger charge is -2.51. The summed E-state index contributed by atoms with van der Waals surface area (Å²) in [5.41, 5.74) is 1.02. The molecule has 0 aliphatic carbocycles. The van der Waals surface area contributed by atoms with Gasteiger partial charge in [0.15, 0.2) is 22.9 Å². The number of hydrogen-bond donors (Lipinski definition) is 2. The SMILES string of the molecule is CC(C)(C)[Si](C)(C)O[C@@H]1[C@H](OCc2ccccc2)[C@H](CO)OC(O)[C@H]1O[Si](C)(C)C(C)(C)C. The normalized spacial score (nSPS) is 27.6. The maximum atomic E-state index is 11.0. The molecule has 0 radical (unpaired) electrons. The van der Waals surface area contributed by atoms with Gasteiger partial charge in [0.1, 0.15) is 24.4 Å². The molecule has 1 aromatic rings. The zero-order valence-electron chi connectivity index (χ0n) is 22.2. The van der Waals surface area contributed by atoms with E-state index in [2.05, 4.69) is 67.7 Å². The predicted octanol–water partition coefficient (Wildman–Crippen LogP) is 5.06. The van der Waals surface area contributed by atoms with Crippen LogP contribution in [0.2, 0.25) is 36.3 Å². The average Bonchev–Trinajstić information content (AvgIpc) is 2.68. The maximum absolute atomic E-state index is 11.0. The van der Waals surface area contributed by atoms with Gasteiger partial charge in [0.05, 0.1) is 13.2 Å². The first-order valence-corrected chi connectivity index (χ1v) is 17.8. The van der Waals surface area contributed by atoms with Crippen LogP contribution in [0.25, 0.3) is 0 Å². The third kappa shape index (κ3) is 6.98. The van der Waals surface area contributed by atoms with Crippen LogP contribution in [0.3, 0.4) is 0 Å². The summed E-state index contributed by atoms with van der Waals surface area (Å²) in [7, 11) is -4.54. The van der Waals surface area contributed by atoms with Gasteiger partial charge in [-0.05, 0) is 41.8 Å². The van der Waals surface area contributed by atoms with Crippen LogP contribution < -0.4 is 0 Å². The molecule has 0 saturated carbocycles. The summed E-state index contributed by atoms with van der Waals surface area (Å²) in [5.74, 6) is 0. The first-order chi connectivity index (χ1) is 15.0. The van der Waals surface area contributed by atoms with Crippen molar-refractivity contribution in [1.29, 1.82) is 0 Å². The summed E-state index contributed by atoms with van der Waals surface area (Å²) < 4.78 is 25.8. The second kappa shape index (κ2) is 10.6. The van der Waals surface area contributed by atoms with Gasteiger partial charge in [-0.3, -0.25) is 0 Å². The molecule has 8 heteroatoms. The molecule has 1 fully saturated rings. The second-order valence-corrected chi connectivity index (χ2v) is 21.7. The van der Waals surface area contributed by atoms with E-state index in [9.17, 15) is 10.2 Å². The summed E-state index contributed by atoms with van der Waals surface area (Å²) in [5, 5.41) is 21.0. The average molecular weight is 499 g/mol. The lowest BCUT2D eigenvalue weighted by atomic mass is 9.99. The fraction of sp³-hybridized carbons (Fsp3) is 0.760. The Morgan fingerprint density at radius 3 is 1.76 bits per heavy atom. The Morgan fingerprint density at radius 2 is 1.30 bits per heavy atom. The molecule has 33 heavy (non-hydrogen) atoms. The first-order valence-electron chi connectivity index (χ1n) is 12.0. The molecule has 0 spiro atoms. The number of aliphatic hydroxyl groups excluding tert-OH is 2. The van der Waals surface area contributed by atoms with Crippen molar-refractivity contribution in [3.05, 3.63) is 35.9 Å². The van der Waals surface area contributed by atoms with E-state index in [0.717, 1.165) is 5.56 Å². The van der Waals surface area contributed by atoms with Crippen LogP contribution in [0.5, 0.6) is 0 Å². The summed E-state index contributed by atoms with van der Waals surface area (Å²) in [6.45, 7) is 21.8. The Kier molecular flexibility index (Phi) is 9.18. The number of benzene rings is 1. The van der Waals surface area contributed by atoms with Crippen LogP contribution in [0.15, 0.2) is 30.3 Å². The van der Waals surface area contributed by atoms with Crippen LogP contribution in [-0.4, -0.2) is 64.2 Å². The van der Waals surface area contributed by atoms with Crippen molar-refractivity contribution in [2.75, 3.05) is 6.61 Å². The molecule has 1 saturated heterocycles. The molecular formula is C25H46O6Si2. The van der Waals surface area contributed by atoms with E-state index in [1.54, 1.807) is 0 Å². The molecule has 1 aliphatic rings. The van der Waals surface area contributed by atoms with Crippen molar-refractivity contribution < 1.29 is 28.5 Å². The maximum Gasteiger partial charge on any atom is 0.192 e. The highest BCUT2D eigenvalue weighted by atomic mass is 28.4. The van der Waals surface area contributed by atoms with E-state index in [-0.39, 0.29) is 16.7 Å². The van der Waals surface area contributed by atoms with E-state index < -0.39 is 47.3 Å². The smallest absolute Gasteiger partial charge is 0.192 e. The summed E-state index contributed by atoms with van der Waals surface area (Å²) >= 11 is 0. The molecule has 1 heterocycles. The topological polar surface area (TPSA) is 77.4 Å². The van der Waals surface area contributed by atoms with E-state index >= 15 is 0 Å². The molecule has 5 atom stereocenters. The van der Waals surface area contributed by atoms with Crippen molar-refractivity contribution in [1.82, 2.24) is 0 Å². The Bertz CT molecular complexity index is 742. The lowest BCUT2D eigenvalue weighted by Crippen LogP contribution is -2.66. The first kappa shape index (κ1) is 28.6. The fourth-order valence-corrected chi connectivity index (χ4v) is 5.89. The number of hydrogen-bond acceptors (Lipinski definition) is 6. The molecule has 6 nitrogen and oxygen atoms in total. The minimum Gasteiger partial charge on any atom is -0.408 e. The quantitative estimate of drug-likeness (QED) is 0.488. The summed E-state index contributed by atoms with van der Waals surface area (Å²) in [6, 6.07) is 9.90. The zero-order valence-corrected chi connectivity index (χ0v) is 24.2. The van der Waals surface area contributed by atoms with Crippen molar-refractivity contribution in [3.63, 3.8) is 0 Å². The number of ether oxygens (including phenoxy) is 2. The van der Waals surface area contributed by atoms with Crippen molar-refractivity contribution in [2.45, 2.75) is 115 Å². The third-order valence-corrected chi connectivity index (χ3v) is 16.5. The van der Waals surface area contributed by atoms with Gasteiger partial charge < -0.3 is 28.5 Å². The molecule has 2 rings (SSSR count). The minimum atomic E-state index is -2.27. The highest BCUT2D eigenvalue weighted by Gasteiger charge is 2.54. The van der Waals surface area contributed by atoms with E-state index in [1.807, 2.05) is 30.3 Å². The van der Waals surface area contributed by atoms with Gasteiger partial charge in [0.2, 0.25) is 0 Å². The van der Waals surface area contributed by atoms with E-state index in [4.69, 9.17) is 18.3 Å². The Morgan fingerprint density at radius 1 is 0.818 bits per heavy atom. The fourth-order valence-electron chi connectivity index (χ4n) is 3.30. The van der Waals surface area contributed by atoms with Crippen LogP contribution in [-0.2, 0) is 24.9 Å². The minimum absolute atomic E-state index is 0.0452. The predicted molar refractivity (Wildman–Crippen MR) is 137 cm³/mol. The van der Waals surface area contributed by atoms with Gasteiger partial charge in [-0.2, -0.15) is 0 Å². The van der Waals surface area contributed by atoms with E-state index in [0.29, 0.717) is 6.61 Å². The Hall–Kier alpha value is -0.586. The Labute approximate surface area is 202 Å². The highest BCUT2D eigenvalue weighted by molar-refractivity contribution is 6.74. The van der Waals surface area contributed by atoms with Gasteiger partial charge in [-0.1, -0.05) is 71.9 Å². The monoisotopic (exact) mass is 498 g/mol. The summed E-state index contributed by atoms with van der Waals surface area (Å²) in [6.07, 6.45) is -3.77. The van der Waals surface area contributed by atoms with Crippen LogP contribution in [0.4, 0.5) is 0 Å². The molecule has 1 aliphatic heterocycles. The molecule has 0 amide bonds. The second-order valence-electron chi connectivity index (χ2n) is 12.2. The van der Waals surface area contributed by atoms with Gasteiger partial charge in [0, 0.05) is 0 Å². The van der Waals surface area contributed by atoms with Gasteiger partial charge in [-0.25, -0.2) is 0 Å². The van der Waals surface area contributed by atoms with Gasteiger partial charge >= 0.3 is 0 Å². The molecule has 2 N–H and O–H groups in total. The molecule has 0 bridgehead atoms. The summed E-state index contributed by atoms with van der Waals surface area (Å²) in [4.78, 5) is 0. The van der Waals surface area contributed by atoms with Crippen LogP contribution in [0.1, 0.15) is 47.1 Å². The largest absolute Gasteiger partial charge is 0.408 e. The van der Waals surface area contributed by atoms with Crippen LogP contribution in [0, 0.1) is 0 Å². The zero-order chi connectivity index (χ0) is 25.2. The molecule has 190 valence electrons. The highest BCUT2D eigenvalue weighted by Crippen LogP contribution is 2.43. The number of aliphatic hydroxyl groups is 2. The standard InChI is InChI=1S/C25H46O6Si2/c1-24(2,3)32(7,8)30-21-20(28-17-18-14-12-11-13-15-18)19(16-26)29-23(27)22(21)31-33(9,10)25(4,5)6/h11-15,19-23,26-27H,16-17H2,1-10H3/t19-,20+,21+,22-,23?/m0/s1. The number of rotatable bonds is 8. The van der Waals surface area contributed by atoms with Crippen molar-refractivity contribution >= 4 is 16.6 Å². The van der Waals surface area contributed by atoms with Crippen molar-refractivity contribution in [2.24, 2.45) is 0 Å². The van der Waals surface area contributed by atoms with Crippen LogP contribution >= 0.6 is 0 Å². The molecular weight excluding hydrogens is 452 g/mol. The molecule has 0 aromatic heterocycles. The van der Waals surface area contributed by atoms with Gasteiger partial charge in [0.25, 0.3) is 0 Å². The van der Waals surface area contributed by atoms with Crippen molar-refractivity contribution in [3.8, 4) is 0 Å².